The Morgan fingerprint density at radius 1 is 1.50 bits per heavy atom. The van der Waals surface area contributed by atoms with E-state index in [1.165, 1.54) is 7.11 Å². The van der Waals surface area contributed by atoms with Gasteiger partial charge >= 0.3 is 0 Å². The maximum absolute atomic E-state index is 12.0. The van der Waals surface area contributed by atoms with Crippen LogP contribution in [-0.2, 0) is 15.0 Å². The van der Waals surface area contributed by atoms with Crippen molar-refractivity contribution >= 4 is 5.91 Å². The maximum Gasteiger partial charge on any atom is 0.275 e. The molecule has 0 aliphatic carbocycles. The highest BCUT2D eigenvalue weighted by Crippen LogP contribution is 2.41. The number of benzene rings is 1. The summed E-state index contributed by atoms with van der Waals surface area (Å²) in [6.07, 6.45) is 0. The second-order valence-corrected chi connectivity index (χ2v) is 4.60. The number of ether oxygens (including phenoxy) is 2. The molecule has 5 nitrogen and oxygen atoms in total. The molecule has 0 unspecified atom stereocenters. The predicted octanol–water partition coefficient (Wildman–Crippen LogP) is 1.27. The van der Waals surface area contributed by atoms with Crippen LogP contribution in [0.15, 0.2) is 18.2 Å². The molecule has 0 aromatic heterocycles. The van der Waals surface area contributed by atoms with Gasteiger partial charge in [-0.25, -0.2) is 5.48 Å². The lowest BCUT2D eigenvalue weighted by Gasteiger charge is -2.23. The smallest absolute Gasteiger partial charge is 0.275 e. The van der Waals surface area contributed by atoms with Gasteiger partial charge in [-0.2, -0.15) is 0 Å². The Bertz CT molecular complexity index is 456. The summed E-state index contributed by atoms with van der Waals surface area (Å²) < 4.78 is 10.9. The molecule has 18 heavy (non-hydrogen) atoms. The average Bonchev–Trinajstić information content (AvgIpc) is 2.68. The van der Waals surface area contributed by atoms with Gasteiger partial charge in [0.1, 0.15) is 5.75 Å². The minimum absolute atomic E-state index is 0.276. The lowest BCUT2D eigenvalue weighted by Crippen LogP contribution is -2.33. The summed E-state index contributed by atoms with van der Waals surface area (Å²) in [5.74, 6) is 0.459. The predicted molar refractivity (Wildman–Crippen MR) is 65.6 cm³/mol. The Hall–Kier alpha value is -1.59. The lowest BCUT2D eigenvalue weighted by atomic mass is 9.82. The maximum atomic E-state index is 12.0. The number of hydrogen-bond donors (Lipinski definition) is 1. The zero-order chi connectivity index (χ0) is 13.2. The molecule has 1 N–H and O–H groups in total. The van der Waals surface area contributed by atoms with E-state index in [-0.39, 0.29) is 11.3 Å². The first-order valence-corrected chi connectivity index (χ1v) is 5.71. The summed E-state index contributed by atoms with van der Waals surface area (Å²) in [7, 11) is 3.05. The van der Waals surface area contributed by atoms with Gasteiger partial charge in [0.15, 0.2) is 0 Å². The topological polar surface area (TPSA) is 56.8 Å². The summed E-state index contributed by atoms with van der Waals surface area (Å²) in [4.78, 5) is 16.6. The van der Waals surface area contributed by atoms with Crippen LogP contribution >= 0.6 is 0 Å². The van der Waals surface area contributed by atoms with Crippen molar-refractivity contribution in [3.8, 4) is 5.75 Å². The summed E-state index contributed by atoms with van der Waals surface area (Å²) in [6, 6.07) is 5.41. The third-order valence-electron chi connectivity index (χ3n) is 3.08. The van der Waals surface area contributed by atoms with Crippen LogP contribution in [0.4, 0.5) is 0 Å². The first-order valence-electron chi connectivity index (χ1n) is 5.71. The molecule has 1 aliphatic heterocycles. The van der Waals surface area contributed by atoms with Gasteiger partial charge in [-0.05, 0) is 19.1 Å². The van der Waals surface area contributed by atoms with Crippen LogP contribution in [0.2, 0.25) is 0 Å². The van der Waals surface area contributed by atoms with Gasteiger partial charge in [-0.3, -0.25) is 9.63 Å². The number of amides is 1. The van der Waals surface area contributed by atoms with Crippen LogP contribution in [0.5, 0.6) is 5.75 Å². The molecule has 0 saturated carbocycles. The van der Waals surface area contributed by atoms with Crippen molar-refractivity contribution in [3.63, 3.8) is 0 Å². The van der Waals surface area contributed by atoms with E-state index < -0.39 is 0 Å². The van der Waals surface area contributed by atoms with Gasteiger partial charge in [0.25, 0.3) is 5.91 Å². The molecule has 1 atom stereocenters. The lowest BCUT2D eigenvalue weighted by molar-refractivity contribution is 0.0533. The highest BCUT2D eigenvalue weighted by molar-refractivity contribution is 5.96. The number of hydrogen-bond acceptors (Lipinski definition) is 4. The van der Waals surface area contributed by atoms with E-state index in [9.17, 15) is 4.79 Å². The van der Waals surface area contributed by atoms with Crippen LogP contribution in [0.1, 0.15) is 22.8 Å². The van der Waals surface area contributed by atoms with Crippen molar-refractivity contribution in [2.45, 2.75) is 12.3 Å². The van der Waals surface area contributed by atoms with E-state index in [4.69, 9.17) is 9.47 Å². The van der Waals surface area contributed by atoms with Crippen LogP contribution < -0.4 is 10.2 Å². The number of carbonyl (C=O) groups excluding carboxylic acids is 1. The molecule has 1 amide bonds. The molecule has 0 radical (unpaired) electrons. The first kappa shape index (κ1) is 12.9. The highest BCUT2D eigenvalue weighted by Gasteiger charge is 2.39. The Morgan fingerprint density at radius 2 is 2.28 bits per heavy atom. The number of hydroxylamine groups is 1. The fraction of sp³-hybridized carbons (Fsp3) is 0.462. The van der Waals surface area contributed by atoms with Crippen molar-refractivity contribution in [2.75, 3.05) is 27.4 Å². The Kier molecular flexibility index (Phi) is 3.54. The van der Waals surface area contributed by atoms with Gasteiger partial charge in [0.2, 0.25) is 0 Å². The van der Waals surface area contributed by atoms with Gasteiger partial charge < -0.3 is 9.47 Å². The van der Waals surface area contributed by atoms with Crippen LogP contribution in [-0.4, -0.2) is 33.3 Å². The minimum atomic E-state index is -0.314. The van der Waals surface area contributed by atoms with Crippen molar-refractivity contribution in [1.29, 1.82) is 0 Å². The van der Waals surface area contributed by atoms with Crippen molar-refractivity contribution < 1.29 is 19.1 Å². The zero-order valence-corrected chi connectivity index (χ0v) is 10.8. The number of nitrogens with one attached hydrogen (secondary N) is 1. The van der Waals surface area contributed by atoms with Gasteiger partial charge in [0.05, 0.1) is 25.7 Å². The second-order valence-electron chi connectivity index (χ2n) is 4.60. The molecule has 5 heteroatoms. The average molecular weight is 251 g/mol. The largest absolute Gasteiger partial charge is 0.492 e. The molecule has 1 heterocycles. The number of methoxy groups -OCH3 is 1. The SMILES string of the molecule is COC[C@]1(C)COc2cccc(C(=O)NOC)c21. The van der Waals surface area contributed by atoms with Gasteiger partial charge in [-0.1, -0.05) is 6.07 Å². The Morgan fingerprint density at radius 3 is 2.94 bits per heavy atom. The third kappa shape index (κ3) is 2.07. The van der Waals surface area contributed by atoms with Crippen LogP contribution in [0.25, 0.3) is 0 Å². The summed E-state index contributed by atoms with van der Waals surface area (Å²) in [5.41, 5.74) is 3.46. The monoisotopic (exact) mass is 251 g/mol. The van der Waals surface area contributed by atoms with Crippen molar-refractivity contribution in [3.05, 3.63) is 29.3 Å². The minimum Gasteiger partial charge on any atom is -0.492 e. The summed E-state index contributed by atoms with van der Waals surface area (Å²) in [5, 5.41) is 0. The van der Waals surface area contributed by atoms with Crippen LogP contribution in [0, 0.1) is 0 Å². The summed E-state index contributed by atoms with van der Waals surface area (Å²) in [6.45, 7) is 3.02. The molecule has 0 spiro atoms. The van der Waals surface area contributed by atoms with E-state index in [0.29, 0.717) is 18.8 Å². The quantitative estimate of drug-likeness (QED) is 0.819. The molecule has 0 bridgehead atoms. The van der Waals surface area contributed by atoms with Crippen LogP contribution in [0.3, 0.4) is 0 Å². The van der Waals surface area contributed by atoms with E-state index in [2.05, 4.69) is 10.3 Å². The molecule has 1 aliphatic rings. The van der Waals surface area contributed by atoms with Gasteiger partial charge in [-0.15, -0.1) is 0 Å². The molecule has 0 saturated heterocycles. The molecule has 1 aromatic rings. The fourth-order valence-electron chi connectivity index (χ4n) is 2.35. The van der Waals surface area contributed by atoms with E-state index in [1.54, 1.807) is 19.2 Å². The molecular formula is C13H17NO4. The molecular weight excluding hydrogens is 234 g/mol. The standard InChI is InChI=1S/C13H17NO4/c1-13(7-16-2)8-18-10-6-4-5-9(11(10)13)12(15)14-17-3/h4-6H,7-8H2,1-3H3,(H,14,15)/t13-/m1/s1. The zero-order valence-electron chi connectivity index (χ0n) is 10.8. The molecule has 98 valence electrons. The fourth-order valence-corrected chi connectivity index (χ4v) is 2.35. The molecule has 1 aromatic carbocycles. The second kappa shape index (κ2) is 4.96. The van der Waals surface area contributed by atoms with Crippen molar-refractivity contribution in [1.82, 2.24) is 5.48 Å². The number of carbonyl (C=O) groups is 1. The number of fused-ring (bicyclic) bond motifs is 1. The Balaban J connectivity index is 2.45. The van der Waals surface area contributed by atoms with Gasteiger partial charge in [0, 0.05) is 18.2 Å². The molecule has 2 rings (SSSR count). The van der Waals surface area contributed by atoms with Crippen molar-refractivity contribution in [2.24, 2.45) is 0 Å². The first-order chi connectivity index (χ1) is 8.62. The van der Waals surface area contributed by atoms with E-state index >= 15 is 0 Å². The number of rotatable bonds is 4. The van der Waals surface area contributed by atoms with E-state index in [1.807, 2.05) is 13.0 Å². The summed E-state index contributed by atoms with van der Waals surface area (Å²) >= 11 is 0. The third-order valence-corrected chi connectivity index (χ3v) is 3.08. The van der Waals surface area contributed by atoms with E-state index in [0.717, 1.165) is 11.3 Å². The highest BCUT2D eigenvalue weighted by atomic mass is 16.6. The normalized spacial score (nSPS) is 21.3. The Labute approximate surface area is 106 Å². The molecule has 0 fully saturated rings.